The van der Waals surface area contributed by atoms with Gasteiger partial charge in [-0.25, -0.2) is 18.1 Å². The van der Waals surface area contributed by atoms with E-state index in [2.05, 4.69) is 20.0 Å². The summed E-state index contributed by atoms with van der Waals surface area (Å²) in [5.74, 6) is -0.243. The van der Waals surface area contributed by atoms with Crippen LogP contribution in [-0.4, -0.2) is 44.8 Å². The highest BCUT2D eigenvalue weighted by Gasteiger charge is 2.20. The molecule has 1 aromatic heterocycles. The minimum atomic E-state index is -3.76. The number of carbonyl (C=O) groups excluding carboxylic acids is 1. The van der Waals surface area contributed by atoms with Gasteiger partial charge in [0.15, 0.2) is 5.01 Å². The molecule has 2 aromatic rings. The Morgan fingerprint density at radius 2 is 2.04 bits per heavy atom. The molecule has 0 unspecified atom stereocenters. The van der Waals surface area contributed by atoms with Crippen LogP contribution in [0.1, 0.15) is 28.2 Å². The molecule has 1 atom stereocenters. The molecule has 0 amide bonds. The summed E-state index contributed by atoms with van der Waals surface area (Å²) < 4.78 is 26.7. The minimum Gasteiger partial charge on any atom is -0.369 e. The SMILES string of the molecule is CN[C@@H](CCCN=C(N)NS(=O)(=O)c1ccc(C)cc1)C(=O)c1nccs1. The molecule has 10 heteroatoms. The highest BCUT2D eigenvalue weighted by molar-refractivity contribution is 7.90. The van der Waals surface area contributed by atoms with Gasteiger partial charge in [0.2, 0.25) is 11.7 Å². The number of nitrogens with two attached hydrogens (primary N) is 1. The van der Waals surface area contributed by atoms with Crippen molar-refractivity contribution in [1.82, 2.24) is 15.0 Å². The van der Waals surface area contributed by atoms with Crippen LogP contribution in [0.2, 0.25) is 0 Å². The summed E-state index contributed by atoms with van der Waals surface area (Å²) in [4.78, 5) is 20.4. The van der Waals surface area contributed by atoms with E-state index in [4.69, 9.17) is 5.73 Å². The molecular weight excluding hydrogens is 386 g/mol. The molecule has 0 aliphatic carbocycles. The third-order valence-corrected chi connectivity index (χ3v) is 5.97. The van der Waals surface area contributed by atoms with Gasteiger partial charge in [0.1, 0.15) is 0 Å². The number of aryl methyl sites for hydroxylation is 1. The van der Waals surface area contributed by atoms with Gasteiger partial charge < -0.3 is 11.1 Å². The third-order valence-electron chi connectivity index (χ3n) is 3.81. The molecule has 2 rings (SSSR count). The standard InChI is InChI=1S/C17H23N5O3S2/c1-12-5-7-13(8-6-12)27(24,25)22-17(18)21-9-3-4-14(19-2)15(23)16-20-10-11-26-16/h5-8,10-11,14,19H,3-4,9H2,1-2H3,(H3,18,21,22)/t14-/m0/s1. The summed E-state index contributed by atoms with van der Waals surface area (Å²) >= 11 is 1.30. The number of hydrogen-bond acceptors (Lipinski definition) is 7. The number of benzene rings is 1. The Morgan fingerprint density at radius 3 is 2.63 bits per heavy atom. The van der Waals surface area contributed by atoms with E-state index in [1.807, 2.05) is 6.92 Å². The number of sulfonamides is 1. The summed E-state index contributed by atoms with van der Waals surface area (Å²) in [6.45, 7) is 2.17. The maximum Gasteiger partial charge on any atom is 0.264 e. The summed E-state index contributed by atoms with van der Waals surface area (Å²) in [5.41, 5.74) is 6.64. The van der Waals surface area contributed by atoms with Crippen LogP contribution >= 0.6 is 11.3 Å². The summed E-state index contributed by atoms with van der Waals surface area (Å²) in [7, 11) is -2.04. The molecule has 0 saturated carbocycles. The second kappa shape index (κ2) is 9.58. The van der Waals surface area contributed by atoms with Gasteiger partial charge in [-0.05, 0) is 38.9 Å². The fourth-order valence-electron chi connectivity index (χ4n) is 2.34. The van der Waals surface area contributed by atoms with Crippen LogP contribution in [0.15, 0.2) is 45.7 Å². The lowest BCUT2D eigenvalue weighted by molar-refractivity contribution is 0.0941. The molecule has 8 nitrogen and oxygen atoms in total. The van der Waals surface area contributed by atoms with E-state index in [1.165, 1.54) is 23.5 Å². The predicted octanol–water partition coefficient (Wildman–Crippen LogP) is 1.30. The van der Waals surface area contributed by atoms with Crippen LogP contribution < -0.4 is 15.8 Å². The van der Waals surface area contributed by atoms with Gasteiger partial charge in [0.25, 0.3) is 10.0 Å². The van der Waals surface area contributed by atoms with E-state index in [0.29, 0.717) is 24.4 Å². The van der Waals surface area contributed by atoms with Gasteiger partial charge >= 0.3 is 0 Å². The highest BCUT2D eigenvalue weighted by Crippen LogP contribution is 2.11. The van der Waals surface area contributed by atoms with Crippen molar-refractivity contribution in [2.45, 2.75) is 30.7 Å². The summed E-state index contributed by atoms with van der Waals surface area (Å²) in [6, 6.07) is 6.06. The Morgan fingerprint density at radius 1 is 1.33 bits per heavy atom. The van der Waals surface area contributed by atoms with Gasteiger partial charge in [0.05, 0.1) is 10.9 Å². The molecule has 0 radical (unpaired) electrons. The first-order chi connectivity index (χ1) is 12.8. The second-order valence-electron chi connectivity index (χ2n) is 5.87. The number of thiazole rings is 1. The molecule has 0 saturated heterocycles. The largest absolute Gasteiger partial charge is 0.369 e. The Hall–Kier alpha value is -2.30. The molecule has 0 fully saturated rings. The lowest BCUT2D eigenvalue weighted by atomic mass is 10.1. The van der Waals surface area contributed by atoms with Crippen molar-refractivity contribution in [2.75, 3.05) is 13.6 Å². The van der Waals surface area contributed by atoms with Crippen molar-refractivity contribution in [1.29, 1.82) is 0 Å². The van der Waals surface area contributed by atoms with Crippen LogP contribution in [0.4, 0.5) is 0 Å². The van der Waals surface area contributed by atoms with Crippen LogP contribution in [0.25, 0.3) is 0 Å². The Balaban J connectivity index is 1.86. The molecule has 1 heterocycles. The number of rotatable bonds is 9. The molecule has 0 spiro atoms. The predicted molar refractivity (Wildman–Crippen MR) is 107 cm³/mol. The van der Waals surface area contributed by atoms with Crippen LogP contribution in [0, 0.1) is 6.92 Å². The van der Waals surface area contributed by atoms with E-state index in [1.54, 1.807) is 30.8 Å². The van der Waals surface area contributed by atoms with Gasteiger partial charge in [-0.1, -0.05) is 17.7 Å². The van der Waals surface area contributed by atoms with Crippen molar-refractivity contribution in [2.24, 2.45) is 10.7 Å². The molecule has 0 bridgehead atoms. The maximum atomic E-state index is 12.3. The first-order valence-electron chi connectivity index (χ1n) is 8.34. The van der Waals surface area contributed by atoms with E-state index in [-0.39, 0.29) is 22.7 Å². The second-order valence-corrected chi connectivity index (χ2v) is 8.45. The first kappa shape index (κ1) is 21.0. The van der Waals surface area contributed by atoms with Gasteiger partial charge in [0, 0.05) is 18.1 Å². The zero-order valence-corrected chi connectivity index (χ0v) is 16.8. The molecule has 146 valence electrons. The number of guanidine groups is 1. The topological polar surface area (TPSA) is 127 Å². The van der Waals surface area contributed by atoms with Gasteiger partial charge in [-0.2, -0.15) is 0 Å². The monoisotopic (exact) mass is 409 g/mol. The van der Waals surface area contributed by atoms with Crippen molar-refractivity contribution < 1.29 is 13.2 Å². The number of Topliss-reactive ketones (excluding diaryl/α,β-unsaturated/α-hetero) is 1. The van der Waals surface area contributed by atoms with Crippen LogP contribution in [-0.2, 0) is 10.0 Å². The number of nitrogens with one attached hydrogen (secondary N) is 2. The molecule has 0 aliphatic heterocycles. The summed E-state index contributed by atoms with van der Waals surface area (Å²) in [5, 5.41) is 5.18. The number of carbonyl (C=O) groups is 1. The molecule has 27 heavy (non-hydrogen) atoms. The number of hydrogen-bond donors (Lipinski definition) is 3. The average Bonchev–Trinajstić information content (AvgIpc) is 3.16. The lowest BCUT2D eigenvalue weighted by Gasteiger charge is -2.12. The number of ketones is 1. The Labute approximate surface area is 163 Å². The average molecular weight is 410 g/mol. The minimum absolute atomic E-state index is 0.0653. The van der Waals surface area contributed by atoms with E-state index < -0.39 is 10.0 Å². The molecule has 4 N–H and O–H groups in total. The number of aromatic nitrogens is 1. The molecule has 0 aliphatic rings. The zero-order valence-electron chi connectivity index (χ0n) is 15.2. The third kappa shape index (κ3) is 6.12. The van der Waals surface area contributed by atoms with E-state index >= 15 is 0 Å². The van der Waals surface area contributed by atoms with E-state index in [9.17, 15) is 13.2 Å². The number of aliphatic imine (C=N–C) groups is 1. The smallest absolute Gasteiger partial charge is 0.264 e. The fourth-order valence-corrected chi connectivity index (χ4v) is 3.92. The Bertz CT molecular complexity index is 878. The van der Waals surface area contributed by atoms with Crippen LogP contribution in [0.5, 0.6) is 0 Å². The van der Waals surface area contributed by atoms with Gasteiger partial charge in [-0.15, -0.1) is 11.3 Å². The van der Waals surface area contributed by atoms with E-state index in [0.717, 1.165) is 5.56 Å². The summed E-state index contributed by atoms with van der Waals surface area (Å²) in [6.07, 6.45) is 2.70. The fraction of sp³-hybridized carbons (Fsp3) is 0.353. The highest BCUT2D eigenvalue weighted by atomic mass is 32.2. The molecular formula is C17H23N5O3S2. The van der Waals surface area contributed by atoms with Crippen molar-refractivity contribution >= 4 is 33.1 Å². The van der Waals surface area contributed by atoms with Crippen molar-refractivity contribution in [3.05, 3.63) is 46.4 Å². The van der Waals surface area contributed by atoms with Crippen LogP contribution in [0.3, 0.4) is 0 Å². The first-order valence-corrected chi connectivity index (χ1v) is 10.7. The molecule has 1 aromatic carbocycles. The van der Waals surface area contributed by atoms with Gasteiger partial charge in [-0.3, -0.25) is 9.79 Å². The Kier molecular flexibility index (Phi) is 7.45. The number of nitrogens with zero attached hydrogens (tertiary/aromatic N) is 2. The van der Waals surface area contributed by atoms with Crippen molar-refractivity contribution in [3.63, 3.8) is 0 Å². The normalized spacial score (nSPS) is 13.3. The van der Waals surface area contributed by atoms with Crippen molar-refractivity contribution in [3.8, 4) is 0 Å². The maximum absolute atomic E-state index is 12.3. The number of likely N-dealkylation sites (N-methyl/N-ethyl adjacent to an activating group) is 1. The lowest BCUT2D eigenvalue weighted by Crippen LogP contribution is -2.37. The zero-order chi connectivity index (χ0) is 19.9. The quantitative estimate of drug-likeness (QED) is 0.248.